The summed E-state index contributed by atoms with van der Waals surface area (Å²) in [6.45, 7) is 3.62. The Hall–Kier alpha value is -2.37. The topological polar surface area (TPSA) is 53.4 Å². The van der Waals surface area contributed by atoms with Crippen molar-refractivity contribution in [3.05, 3.63) is 41.5 Å². The number of methoxy groups -OCH3 is 1. The van der Waals surface area contributed by atoms with Crippen LogP contribution in [0.4, 0.5) is 4.39 Å². The third-order valence-corrected chi connectivity index (χ3v) is 2.86. The highest BCUT2D eigenvalue weighted by Gasteiger charge is 2.15. The summed E-state index contributed by atoms with van der Waals surface area (Å²) in [7, 11) is 1.41. The number of carbonyl (C=O) groups excluding carboxylic acids is 1. The van der Waals surface area contributed by atoms with E-state index in [-0.39, 0.29) is 18.1 Å². The van der Waals surface area contributed by atoms with Crippen molar-refractivity contribution >= 4 is 5.97 Å². The Kier molecular flexibility index (Phi) is 4.02. The van der Waals surface area contributed by atoms with E-state index < -0.39 is 11.8 Å². The van der Waals surface area contributed by atoms with Gasteiger partial charge in [-0.2, -0.15) is 5.10 Å². The quantitative estimate of drug-likeness (QED) is 0.806. The molecule has 0 saturated carbocycles. The minimum Gasteiger partial charge on any atom is -0.494 e. The van der Waals surface area contributed by atoms with Crippen LogP contribution in [-0.4, -0.2) is 29.5 Å². The van der Waals surface area contributed by atoms with E-state index in [9.17, 15) is 9.18 Å². The van der Waals surface area contributed by atoms with Gasteiger partial charge in [-0.1, -0.05) is 0 Å². The van der Waals surface area contributed by atoms with E-state index in [1.54, 1.807) is 26.1 Å². The van der Waals surface area contributed by atoms with Crippen molar-refractivity contribution < 1.29 is 18.7 Å². The zero-order chi connectivity index (χ0) is 14.7. The number of aromatic nitrogens is 2. The Bertz CT molecular complexity index is 637. The predicted octanol–water partition coefficient (Wildman–Crippen LogP) is 2.51. The maximum absolute atomic E-state index is 14.0. The lowest BCUT2D eigenvalue weighted by Crippen LogP contribution is -2.07. The molecule has 0 bridgehead atoms. The Morgan fingerprint density at radius 1 is 1.40 bits per heavy atom. The van der Waals surface area contributed by atoms with E-state index in [0.717, 1.165) is 0 Å². The van der Waals surface area contributed by atoms with Crippen LogP contribution in [0.3, 0.4) is 0 Å². The Morgan fingerprint density at radius 3 is 2.80 bits per heavy atom. The van der Waals surface area contributed by atoms with Crippen LogP contribution in [0.15, 0.2) is 24.4 Å². The number of halogens is 1. The van der Waals surface area contributed by atoms with Crippen molar-refractivity contribution in [2.24, 2.45) is 0 Å². The Balaban J connectivity index is 2.38. The van der Waals surface area contributed by atoms with Gasteiger partial charge in [0.15, 0.2) is 17.3 Å². The van der Waals surface area contributed by atoms with Crippen LogP contribution in [0.5, 0.6) is 5.75 Å². The zero-order valence-electron chi connectivity index (χ0n) is 11.5. The largest absolute Gasteiger partial charge is 0.494 e. The summed E-state index contributed by atoms with van der Waals surface area (Å²) >= 11 is 0. The van der Waals surface area contributed by atoms with Gasteiger partial charge in [0.05, 0.1) is 19.4 Å². The minimum atomic E-state index is -0.502. The first-order valence-corrected chi connectivity index (χ1v) is 6.14. The number of hydrogen-bond donors (Lipinski definition) is 0. The second-order valence-electron chi connectivity index (χ2n) is 4.09. The molecule has 0 fully saturated rings. The van der Waals surface area contributed by atoms with E-state index in [4.69, 9.17) is 9.47 Å². The molecular weight excluding hydrogens is 263 g/mol. The van der Waals surface area contributed by atoms with E-state index in [1.165, 1.54) is 23.9 Å². The average Bonchev–Trinajstić information content (AvgIpc) is 2.91. The molecule has 0 aliphatic carbocycles. The zero-order valence-corrected chi connectivity index (χ0v) is 11.5. The van der Waals surface area contributed by atoms with Gasteiger partial charge in [-0.3, -0.25) is 0 Å². The van der Waals surface area contributed by atoms with Crippen LogP contribution in [0.1, 0.15) is 23.0 Å². The fourth-order valence-electron chi connectivity index (χ4n) is 1.83. The lowest BCUT2D eigenvalue weighted by Gasteiger charge is -2.09. The molecule has 0 radical (unpaired) electrons. The lowest BCUT2D eigenvalue weighted by molar-refractivity contribution is 0.0519. The molecule has 20 heavy (non-hydrogen) atoms. The number of benzene rings is 1. The van der Waals surface area contributed by atoms with Gasteiger partial charge in [-0.05, 0) is 32.0 Å². The molecule has 6 heteroatoms. The van der Waals surface area contributed by atoms with E-state index in [2.05, 4.69) is 5.10 Å². The van der Waals surface area contributed by atoms with Crippen molar-refractivity contribution in [2.75, 3.05) is 13.7 Å². The third kappa shape index (κ3) is 2.49. The first kappa shape index (κ1) is 14.0. The summed E-state index contributed by atoms with van der Waals surface area (Å²) in [4.78, 5) is 11.5. The van der Waals surface area contributed by atoms with E-state index >= 15 is 0 Å². The summed E-state index contributed by atoms with van der Waals surface area (Å²) in [6.07, 6.45) is 1.58. The van der Waals surface area contributed by atoms with Gasteiger partial charge >= 0.3 is 5.97 Å². The molecular formula is C14H15FN2O3. The van der Waals surface area contributed by atoms with Crippen LogP contribution in [-0.2, 0) is 4.74 Å². The fourth-order valence-corrected chi connectivity index (χ4v) is 1.83. The molecule has 0 amide bonds. The van der Waals surface area contributed by atoms with Crippen LogP contribution in [0, 0.1) is 12.7 Å². The van der Waals surface area contributed by atoms with Gasteiger partial charge in [0.25, 0.3) is 0 Å². The van der Waals surface area contributed by atoms with Crippen LogP contribution in [0.25, 0.3) is 5.69 Å². The molecule has 2 rings (SSSR count). The van der Waals surface area contributed by atoms with Crippen molar-refractivity contribution in [1.29, 1.82) is 0 Å². The molecule has 0 spiro atoms. The number of esters is 1. The SMILES string of the molecule is CCOC(=O)c1ccn(-c2ccc(OC)c(F)c2C)n1. The highest BCUT2D eigenvalue weighted by molar-refractivity contribution is 5.87. The van der Waals surface area contributed by atoms with Crippen molar-refractivity contribution in [3.8, 4) is 11.4 Å². The molecule has 1 heterocycles. The van der Waals surface area contributed by atoms with Crippen LogP contribution < -0.4 is 4.74 Å². The van der Waals surface area contributed by atoms with Crippen molar-refractivity contribution in [3.63, 3.8) is 0 Å². The van der Waals surface area contributed by atoms with Crippen LogP contribution >= 0.6 is 0 Å². The van der Waals surface area contributed by atoms with Crippen molar-refractivity contribution in [1.82, 2.24) is 9.78 Å². The molecule has 0 unspecified atom stereocenters. The molecule has 0 saturated heterocycles. The molecule has 2 aromatic rings. The molecule has 5 nitrogen and oxygen atoms in total. The van der Waals surface area contributed by atoms with E-state index in [1.807, 2.05) is 0 Å². The lowest BCUT2D eigenvalue weighted by atomic mass is 10.2. The average molecular weight is 278 g/mol. The first-order chi connectivity index (χ1) is 9.58. The summed E-state index contributed by atoms with van der Waals surface area (Å²) in [5.74, 6) is -0.778. The summed E-state index contributed by atoms with van der Waals surface area (Å²) in [6, 6.07) is 4.72. The first-order valence-electron chi connectivity index (χ1n) is 6.14. The molecule has 1 aromatic carbocycles. The molecule has 0 aliphatic rings. The van der Waals surface area contributed by atoms with Gasteiger partial charge in [0.2, 0.25) is 0 Å². The predicted molar refractivity (Wildman–Crippen MR) is 70.8 cm³/mol. The smallest absolute Gasteiger partial charge is 0.358 e. The normalized spacial score (nSPS) is 10.4. The fraction of sp³-hybridized carbons (Fsp3) is 0.286. The molecule has 0 atom stereocenters. The number of carbonyl (C=O) groups is 1. The van der Waals surface area contributed by atoms with E-state index in [0.29, 0.717) is 11.3 Å². The number of hydrogen-bond acceptors (Lipinski definition) is 4. The Morgan fingerprint density at radius 2 is 2.15 bits per heavy atom. The standard InChI is InChI=1S/C14H15FN2O3/c1-4-20-14(18)10-7-8-17(16-10)11-5-6-12(19-3)13(15)9(11)2/h5-8H,4H2,1-3H3. The highest BCUT2D eigenvalue weighted by atomic mass is 19.1. The maximum Gasteiger partial charge on any atom is 0.358 e. The summed E-state index contributed by atoms with van der Waals surface area (Å²) in [5.41, 5.74) is 1.11. The number of ether oxygens (including phenoxy) is 2. The maximum atomic E-state index is 14.0. The molecule has 0 aliphatic heterocycles. The Labute approximate surface area is 115 Å². The minimum absolute atomic E-state index is 0.170. The van der Waals surface area contributed by atoms with Gasteiger partial charge in [0.1, 0.15) is 0 Å². The third-order valence-electron chi connectivity index (χ3n) is 2.86. The van der Waals surface area contributed by atoms with Gasteiger partial charge in [0, 0.05) is 11.8 Å². The van der Waals surface area contributed by atoms with Gasteiger partial charge in [-0.15, -0.1) is 0 Å². The second kappa shape index (κ2) is 5.73. The molecule has 1 aromatic heterocycles. The monoisotopic (exact) mass is 278 g/mol. The summed E-state index contributed by atoms with van der Waals surface area (Å²) < 4.78 is 25.2. The van der Waals surface area contributed by atoms with Gasteiger partial charge < -0.3 is 9.47 Å². The van der Waals surface area contributed by atoms with Crippen LogP contribution in [0.2, 0.25) is 0 Å². The van der Waals surface area contributed by atoms with Crippen molar-refractivity contribution in [2.45, 2.75) is 13.8 Å². The van der Waals surface area contributed by atoms with Gasteiger partial charge in [-0.25, -0.2) is 13.9 Å². The highest BCUT2D eigenvalue weighted by Crippen LogP contribution is 2.25. The number of nitrogens with zero attached hydrogens (tertiary/aromatic N) is 2. The second-order valence-corrected chi connectivity index (χ2v) is 4.09. The summed E-state index contributed by atoms with van der Waals surface area (Å²) in [5, 5.41) is 4.09. The number of rotatable bonds is 4. The molecule has 106 valence electrons. The molecule has 0 N–H and O–H groups in total.